The normalized spacial score (nSPS) is 42.9. The number of piperidine rings is 2. The largest absolute Gasteiger partial charge is 0.391 e. The number of rotatable bonds is 8. The highest BCUT2D eigenvalue weighted by Gasteiger charge is 2.66. The Kier molecular flexibility index (Phi) is 8.76. The summed E-state index contributed by atoms with van der Waals surface area (Å²) in [5.41, 5.74) is 0. The highest BCUT2D eigenvalue weighted by atomic mass is 16.5. The Morgan fingerprint density at radius 3 is 2.58 bits per heavy atom. The second-order valence-corrected chi connectivity index (χ2v) is 13.7. The molecule has 6 aliphatic rings. The minimum Gasteiger partial charge on any atom is -0.391 e. The average molecular weight is 563 g/mol. The molecule has 0 aromatic rings. The highest BCUT2D eigenvalue weighted by Crippen LogP contribution is 2.53. The van der Waals surface area contributed by atoms with Crippen LogP contribution in [0.25, 0.3) is 0 Å². The molecule has 0 aromatic heterocycles. The summed E-state index contributed by atoms with van der Waals surface area (Å²) in [7, 11) is 3.47. The molecule has 6 rings (SSSR count). The number of hydrogen-bond donors (Lipinski definition) is 3. The molecule has 3 heterocycles. The third kappa shape index (κ3) is 5.12. The number of ether oxygens (including phenoxy) is 3. The Hall–Kier alpha value is -1.26. The van der Waals surface area contributed by atoms with Crippen molar-refractivity contribution in [2.45, 2.75) is 126 Å². The van der Waals surface area contributed by atoms with Gasteiger partial charge in [0.15, 0.2) is 0 Å². The number of hydrogen-bond acceptors (Lipinski definition) is 6. The second-order valence-electron chi connectivity index (χ2n) is 13.7. The van der Waals surface area contributed by atoms with E-state index in [9.17, 15) is 14.7 Å². The van der Waals surface area contributed by atoms with Crippen molar-refractivity contribution in [3.05, 3.63) is 0 Å². The molecule has 3 aliphatic heterocycles. The fraction of sp³-hybridized carbons (Fsp3) is 0.935. The van der Waals surface area contributed by atoms with Gasteiger partial charge in [-0.1, -0.05) is 19.3 Å². The zero-order valence-electron chi connectivity index (χ0n) is 24.7. The van der Waals surface area contributed by atoms with Crippen LogP contribution < -0.4 is 10.6 Å². The number of aliphatic hydroxyl groups excluding tert-OH is 1. The van der Waals surface area contributed by atoms with E-state index in [-0.39, 0.29) is 42.1 Å². The summed E-state index contributed by atoms with van der Waals surface area (Å²) in [5, 5.41) is 16.0. The summed E-state index contributed by atoms with van der Waals surface area (Å²) in [4.78, 5) is 29.4. The number of fused-ring (bicyclic) bond motifs is 5. The number of nitrogens with two attached hydrogens (primary N) is 1. The molecule has 3 saturated heterocycles. The predicted molar refractivity (Wildman–Crippen MR) is 148 cm³/mol. The minimum atomic E-state index is -0.547. The second kappa shape index (κ2) is 12.2. The van der Waals surface area contributed by atoms with Crippen LogP contribution in [0.15, 0.2) is 0 Å². The van der Waals surface area contributed by atoms with Crippen LogP contribution >= 0.6 is 0 Å². The molecular formula is C31H52N3O6+. The molecule has 10 unspecified atom stereocenters. The number of nitrogens with zero attached hydrogens (tertiary/aromatic N) is 1. The molecule has 3 aliphatic carbocycles. The van der Waals surface area contributed by atoms with Crippen LogP contribution in [0.1, 0.15) is 77.6 Å². The first kappa shape index (κ1) is 28.8. The van der Waals surface area contributed by atoms with Crippen LogP contribution in [-0.2, 0) is 23.8 Å². The smallest absolute Gasteiger partial charge is 0.248 e. The van der Waals surface area contributed by atoms with Crippen molar-refractivity contribution >= 4 is 11.8 Å². The van der Waals surface area contributed by atoms with Crippen LogP contribution in [0.5, 0.6) is 0 Å². The lowest BCUT2D eigenvalue weighted by molar-refractivity contribution is -0.713. The van der Waals surface area contributed by atoms with Gasteiger partial charge in [0, 0.05) is 39.1 Å². The van der Waals surface area contributed by atoms with Gasteiger partial charge in [0.25, 0.3) is 0 Å². The fourth-order valence-electron chi connectivity index (χ4n) is 10.0. The van der Waals surface area contributed by atoms with E-state index < -0.39 is 12.2 Å². The number of quaternary nitrogens is 1. The van der Waals surface area contributed by atoms with E-state index in [0.29, 0.717) is 42.3 Å². The number of nitrogens with one attached hydrogen (secondary N) is 1. The number of methoxy groups -OCH3 is 2. The van der Waals surface area contributed by atoms with Crippen molar-refractivity contribution in [1.29, 1.82) is 0 Å². The molecule has 0 bridgehead atoms. The molecule has 0 spiro atoms. The molecular weight excluding hydrogens is 510 g/mol. The van der Waals surface area contributed by atoms with E-state index >= 15 is 0 Å². The van der Waals surface area contributed by atoms with Gasteiger partial charge in [-0.05, 0) is 69.6 Å². The lowest BCUT2D eigenvalue weighted by atomic mass is 9.64. The Morgan fingerprint density at radius 2 is 1.82 bits per heavy atom. The zero-order chi connectivity index (χ0) is 28.0. The molecule has 4 N–H and O–H groups in total. The van der Waals surface area contributed by atoms with E-state index in [0.717, 1.165) is 57.9 Å². The quantitative estimate of drug-likeness (QED) is 0.410. The van der Waals surface area contributed by atoms with E-state index in [1.54, 1.807) is 14.2 Å². The molecule has 226 valence electrons. The summed E-state index contributed by atoms with van der Waals surface area (Å²) in [6.45, 7) is 3.25. The predicted octanol–water partition coefficient (Wildman–Crippen LogP) is 1.22. The first-order valence-corrected chi connectivity index (χ1v) is 16.2. The van der Waals surface area contributed by atoms with Crippen molar-refractivity contribution in [2.24, 2.45) is 29.6 Å². The Bertz CT molecular complexity index is 914. The minimum absolute atomic E-state index is 0.0231. The fourth-order valence-corrected chi connectivity index (χ4v) is 10.0. The molecule has 0 radical (unpaired) electrons. The maximum absolute atomic E-state index is 14.2. The molecule has 12 atom stereocenters. The van der Waals surface area contributed by atoms with Gasteiger partial charge in [0.05, 0.1) is 42.9 Å². The highest BCUT2D eigenvalue weighted by molar-refractivity contribution is 5.82. The maximum atomic E-state index is 14.2. The summed E-state index contributed by atoms with van der Waals surface area (Å²) >= 11 is 0. The summed E-state index contributed by atoms with van der Waals surface area (Å²) < 4.78 is 18.1. The van der Waals surface area contributed by atoms with Gasteiger partial charge in [0.2, 0.25) is 11.8 Å². The third-order valence-corrected chi connectivity index (χ3v) is 11.8. The van der Waals surface area contributed by atoms with Crippen LogP contribution in [0.3, 0.4) is 0 Å². The van der Waals surface area contributed by atoms with Crippen molar-refractivity contribution in [3.63, 3.8) is 0 Å². The Balaban J connectivity index is 1.09. The van der Waals surface area contributed by atoms with Crippen molar-refractivity contribution in [1.82, 2.24) is 10.2 Å². The number of carbonyl (C=O) groups excluding carboxylic acids is 2. The van der Waals surface area contributed by atoms with Crippen molar-refractivity contribution < 1.29 is 34.2 Å². The maximum Gasteiger partial charge on any atom is 0.248 e. The molecule has 3 saturated carbocycles. The zero-order valence-corrected chi connectivity index (χ0v) is 24.7. The molecule has 9 heteroatoms. The average Bonchev–Trinajstić information content (AvgIpc) is 3.32. The standard InChI is InChI=1S/C31H51N3O6/c1-17(30(36)33-16-24(35)18-7-5-4-6-8-18)40-19-9-11-23-22(15-19)20-13-14-32-27-21-10-12-25(38-2)29(39-3)26(21)31(37)34(23)28(20)27/h17-29,32,35H,4-16H2,1-3H3,(H,33,36)/p+1/t17-,19?,20?,21?,22?,23?,24-,25?,26?,27?,28?,29?/m0/s1. The third-order valence-electron chi connectivity index (χ3n) is 11.8. The summed E-state index contributed by atoms with van der Waals surface area (Å²) in [6, 6.07) is 0.990. The van der Waals surface area contributed by atoms with Gasteiger partial charge in [-0.25, -0.2) is 0 Å². The lowest BCUT2D eigenvalue weighted by Crippen LogP contribution is -2.99. The van der Waals surface area contributed by atoms with Gasteiger partial charge >= 0.3 is 0 Å². The first-order valence-electron chi connectivity index (χ1n) is 16.2. The van der Waals surface area contributed by atoms with Crippen LogP contribution in [0.2, 0.25) is 0 Å². The van der Waals surface area contributed by atoms with Crippen molar-refractivity contribution in [3.8, 4) is 0 Å². The molecule has 6 fully saturated rings. The van der Waals surface area contributed by atoms with Gasteiger partial charge in [0.1, 0.15) is 12.1 Å². The summed E-state index contributed by atoms with van der Waals surface area (Å²) in [6.07, 6.45) is 10.3. The van der Waals surface area contributed by atoms with Crippen LogP contribution in [0.4, 0.5) is 0 Å². The lowest BCUT2D eigenvalue weighted by Gasteiger charge is -2.53. The van der Waals surface area contributed by atoms with Crippen molar-refractivity contribution in [2.75, 3.05) is 27.3 Å². The number of aliphatic hydroxyl groups is 1. The molecule has 9 nitrogen and oxygen atoms in total. The van der Waals surface area contributed by atoms with Gasteiger partial charge in [-0.2, -0.15) is 0 Å². The van der Waals surface area contributed by atoms with E-state index in [1.807, 2.05) is 6.92 Å². The monoisotopic (exact) mass is 562 g/mol. The van der Waals surface area contributed by atoms with Crippen LogP contribution in [-0.4, -0.2) is 97.8 Å². The van der Waals surface area contributed by atoms with Gasteiger partial charge in [-0.3, -0.25) is 9.59 Å². The van der Waals surface area contributed by atoms with Gasteiger partial charge < -0.3 is 34.9 Å². The molecule has 40 heavy (non-hydrogen) atoms. The SMILES string of the molecule is COC1CCC2C3[NH2+]CCC4C5CC(O[C@@H](C)C(=O)NC[C@H](O)C6CCCCC6)CCC5N(C(=O)C2C1OC)C43. The Morgan fingerprint density at radius 1 is 1.02 bits per heavy atom. The van der Waals surface area contributed by atoms with E-state index in [2.05, 4.69) is 15.5 Å². The molecule has 0 aromatic carbocycles. The van der Waals surface area contributed by atoms with E-state index in [4.69, 9.17) is 14.2 Å². The number of amides is 2. The number of carbonyl (C=O) groups is 2. The Labute approximate surface area is 239 Å². The van der Waals surface area contributed by atoms with Crippen LogP contribution in [0, 0.1) is 29.6 Å². The van der Waals surface area contributed by atoms with Gasteiger partial charge in [-0.15, -0.1) is 0 Å². The topological polar surface area (TPSA) is 114 Å². The molecule has 2 amide bonds. The first-order chi connectivity index (χ1) is 19.4. The summed E-state index contributed by atoms with van der Waals surface area (Å²) in [5.74, 6) is 1.60. The van der Waals surface area contributed by atoms with E-state index in [1.165, 1.54) is 19.3 Å².